The lowest BCUT2D eigenvalue weighted by atomic mass is 10.1. The van der Waals surface area contributed by atoms with Crippen LogP contribution in [0.2, 0.25) is 0 Å². The van der Waals surface area contributed by atoms with E-state index in [1.165, 1.54) is 18.2 Å². The fourth-order valence-corrected chi connectivity index (χ4v) is 1.67. The molecule has 2 amide bonds. The van der Waals surface area contributed by atoms with Gasteiger partial charge in [0.2, 0.25) is 0 Å². The van der Waals surface area contributed by atoms with E-state index in [-0.39, 0.29) is 11.3 Å². The highest BCUT2D eigenvalue weighted by Gasteiger charge is 2.16. The van der Waals surface area contributed by atoms with Crippen molar-refractivity contribution in [1.29, 1.82) is 0 Å². The van der Waals surface area contributed by atoms with E-state index in [0.29, 0.717) is 0 Å². The highest BCUT2D eigenvalue weighted by atomic mass is 16.6. The van der Waals surface area contributed by atoms with E-state index >= 15 is 0 Å². The zero-order valence-corrected chi connectivity index (χ0v) is 13.6. The van der Waals surface area contributed by atoms with Gasteiger partial charge in [-0.25, -0.2) is 0 Å². The van der Waals surface area contributed by atoms with Gasteiger partial charge in [-0.15, -0.1) is 0 Å². The van der Waals surface area contributed by atoms with E-state index in [2.05, 4.69) is 10.6 Å². The first-order valence-corrected chi connectivity index (χ1v) is 7.08. The molecular weight excluding hydrogens is 318 g/mol. The molecule has 0 heterocycles. The van der Waals surface area contributed by atoms with Crippen LogP contribution in [0.15, 0.2) is 24.3 Å². The van der Waals surface area contributed by atoms with Gasteiger partial charge in [-0.2, -0.15) is 0 Å². The highest BCUT2D eigenvalue weighted by molar-refractivity contribution is 5.96. The number of nitro groups is 1. The lowest BCUT2D eigenvalue weighted by Crippen LogP contribution is -2.43. The minimum absolute atomic E-state index is 0.0440. The summed E-state index contributed by atoms with van der Waals surface area (Å²) in [6, 6.07) is 5.09. The molecule has 9 nitrogen and oxygen atoms in total. The molecular formula is C15H19N3O6. The molecule has 0 unspecified atom stereocenters. The lowest BCUT2D eigenvalue weighted by molar-refractivity contribution is -0.384. The summed E-state index contributed by atoms with van der Waals surface area (Å²) in [6.45, 7) is 4.44. The minimum Gasteiger partial charge on any atom is -0.454 e. The molecule has 0 saturated carbocycles. The van der Waals surface area contributed by atoms with Gasteiger partial charge in [-0.05, 0) is 26.8 Å². The molecule has 130 valence electrons. The number of carbonyl (C=O) groups excluding carboxylic acids is 3. The van der Waals surface area contributed by atoms with Gasteiger partial charge in [-0.3, -0.25) is 24.5 Å². The molecule has 9 heteroatoms. The summed E-state index contributed by atoms with van der Waals surface area (Å²) < 4.78 is 4.72. The Morgan fingerprint density at radius 2 is 1.92 bits per heavy atom. The third-order valence-electron chi connectivity index (χ3n) is 2.59. The fourth-order valence-electron chi connectivity index (χ4n) is 1.67. The van der Waals surface area contributed by atoms with Crippen molar-refractivity contribution in [2.75, 3.05) is 13.2 Å². The number of non-ortho nitro benzene ring substituents is 1. The van der Waals surface area contributed by atoms with Gasteiger partial charge in [-0.1, -0.05) is 6.07 Å². The number of hydrogen-bond acceptors (Lipinski definition) is 6. The average Bonchev–Trinajstić information content (AvgIpc) is 2.49. The van der Waals surface area contributed by atoms with Crippen molar-refractivity contribution < 1.29 is 24.0 Å². The summed E-state index contributed by atoms with van der Waals surface area (Å²) >= 11 is 0. The largest absolute Gasteiger partial charge is 0.454 e. The van der Waals surface area contributed by atoms with Crippen molar-refractivity contribution in [3.8, 4) is 0 Å². The Hall–Kier alpha value is -2.97. The van der Waals surface area contributed by atoms with Gasteiger partial charge >= 0.3 is 5.97 Å². The first-order chi connectivity index (χ1) is 11.1. The summed E-state index contributed by atoms with van der Waals surface area (Å²) in [4.78, 5) is 44.8. The standard InChI is InChI=1S/C15H19N3O6/c1-15(2,3)17-12(19)9-24-13(20)8-16-14(21)10-5-4-6-11(7-10)18(22)23/h4-7H,8-9H2,1-3H3,(H,16,21)(H,17,19). The van der Waals surface area contributed by atoms with E-state index < -0.39 is 41.4 Å². The maximum absolute atomic E-state index is 11.8. The van der Waals surface area contributed by atoms with Gasteiger partial charge in [0.05, 0.1) is 4.92 Å². The second-order valence-electron chi connectivity index (χ2n) is 5.95. The van der Waals surface area contributed by atoms with Crippen LogP contribution in [0.25, 0.3) is 0 Å². The Kier molecular flexibility index (Phi) is 6.39. The van der Waals surface area contributed by atoms with Crippen LogP contribution in [0.5, 0.6) is 0 Å². The summed E-state index contributed by atoms with van der Waals surface area (Å²) in [5.41, 5.74) is -0.633. The molecule has 1 rings (SSSR count). The Morgan fingerprint density at radius 3 is 2.50 bits per heavy atom. The second kappa shape index (κ2) is 8.04. The Balaban J connectivity index is 2.44. The first kappa shape index (κ1) is 19.1. The molecule has 0 radical (unpaired) electrons. The summed E-state index contributed by atoms with van der Waals surface area (Å²) in [5.74, 6) is -1.91. The van der Waals surface area contributed by atoms with Crippen LogP contribution in [-0.4, -0.2) is 41.4 Å². The van der Waals surface area contributed by atoms with Gasteiger partial charge in [0.15, 0.2) is 6.61 Å². The zero-order chi connectivity index (χ0) is 18.3. The Labute approximate surface area is 138 Å². The predicted octanol–water partition coefficient (Wildman–Crippen LogP) is 0.783. The lowest BCUT2D eigenvalue weighted by Gasteiger charge is -2.20. The van der Waals surface area contributed by atoms with Crippen molar-refractivity contribution in [3.05, 3.63) is 39.9 Å². The number of nitro benzene ring substituents is 1. The van der Waals surface area contributed by atoms with E-state index in [1.807, 2.05) is 0 Å². The first-order valence-electron chi connectivity index (χ1n) is 7.08. The molecule has 0 fully saturated rings. The normalized spacial score (nSPS) is 10.6. The molecule has 0 spiro atoms. The van der Waals surface area contributed by atoms with Crippen molar-refractivity contribution in [1.82, 2.24) is 10.6 Å². The number of benzene rings is 1. The van der Waals surface area contributed by atoms with Gasteiger partial charge in [0, 0.05) is 23.2 Å². The number of rotatable bonds is 6. The summed E-state index contributed by atoms with van der Waals surface area (Å²) in [7, 11) is 0. The number of nitrogens with zero attached hydrogens (tertiary/aromatic N) is 1. The van der Waals surface area contributed by atoms with Crippen LogP contribution in [0.4, 0.5) is 5.69 Å². The van der Waals surface area contributed by atoms with Crippen LogP contribution < -0.4 is 10.6 Å². The molecule has 0 saturated heterocycles. The van der Waals surface area contributed by atoms with E-state index in [9.17, 15) is 24.5 Å². The third-order valence-corrected chi connectivity index (χ3v) is 2.59. The predicted molar refractivity (Wildman–Crippen MR) is 84.3 cm³/mol. The second-order valence-corrected chi connectivity index (χ2v) is 5.95. The van der Waals surface area contributed by atoms with Gasteiger partial charge < -0.3 is 15.4 Å². The molecule has 1 aromatic carbocycles. The van der Waals surface area contributed by atoms with Gasteiger partial charge in [0.25, 0.3) is 17.5 Å². The molecule has 24 heavy (non-hydrogen) atoms. The molecule has 0 atom stereocenters. The van der Waals surface area contributed by atoms with Crippen LogP contribution in [0.1, 0.15) is 31.1 Å². The number of ether oxygens (including phenoxy) is 1. The summed E-state index contributed by atoms with van der Waals surface area (Å²) in [5, 5.41) is 15.5. The van der Waals surface area contributed by atoms with Crippen molar-refractivity contribution in [2.45, 2.75) is 26.3 Å². The molecule has 1 aromatic rings. The smallest absolute Gasteiger partial charge is 0.325 e. The minimum atomic E-state index is -0.794. The summed E-state index contributed by atoms with van der Waals surface area (Å²) in [6.07, 6.45) is 0. The molecule has 0 aliphatic rings. The fraction of sp³-hybridized carbons (Fsp3) is 0.400. The third kappa shape index (κ3) is 6.86. The van der Waals surface area contributed by atoms with E-state index in [4.69, 9.17) is 4.74 Å². The van der Waals surface area contributed by atoms with Crippen LogP contribution in [0, 0.1) is 10.1 Å². The topological polar surface area (TPSA) is 128 Å². The number of esters is 1. The van der Waals surface area contributed by atoms with Crippen molar-refractivity contribution >= 4 is 23.5 Å². The van der Waals surface area contributed by atoms with Crippen LogP contribution in [-0.2, 0) is 14.3 Å². The van der Waals surface area contributed by atoms with Crippen molar-refractivity contribution in [2.24, 2.45) is 0 Å². The van der Waals surface area contributed by atoms with E-state index in [0.717, 1.165) is 6.07 Å². The number of hydrogen-bond donors (Lipinski definition) is 2. The molecule has 0 aliphatic heterocycles. The average molecular weight is 337 g/mol. The Morgan fingerprint density at radius 1 is 1.25 bits per heavy atom. The SMILES string of the molecule is CC(C)(C)NC(=O)COC(=O)CNC(=O)c1cccc([N+](=O)[O-])c1. The maximum atomic E-state index is 11.8. The highest BCUT2D eigenvalue weighted by Crippen LogP contribution is 2.12. The van der Waals surface area contributed by atoms with Crippen molar-refractivity contribution in [3.63, 3.8) is 0 Å². The number of nitrogens with one attached hydrogen (secondary N) is 2. The van der Waals surface area contributed by atoms with Crippen LogP contribution >= 0.6 is 0 Å². The van der Waals surface area contributed by atoms with Gasteiger partial charge in [0.1, 0.15) is 6.54 Å². The Bertz CT molecular complexity index is 651. The maximum Gasteiger partial charge on any atom is 0.325 e. The zero-order valence-electron chi connectivity index (χ0n) is 13.6. The number of carbonyl (C=O) groups is 3. The molecule has 0 aromatic heterocycles. The monoisotopic (exact) mass is 337 g/mol. The van der Waals surface area contributed by atoms with E-state index in [1.54, 1.807) is 20.8 Å². The quantitative estimate of drug-likeness (QED) is 0.448. The molecule has 0 aliphatic carbocycles. The van der Waals surface area contributed by atoms with Crippen LogP contribution in [0.3, 0.4) is 0 Å². The number of amides is 2. The molecule has 0 bridgehead atoms. The molecule has 2 N–H and O–H groups in total.